The number of benzene rings is 3. The van der Waals surface area contributed by atoms with Gasteiger partial charge in [-0.05, 0) is 60.9 Å². The number of esters is 1. The van der Waals surface area contributed by atoms with Crippen LogP contribution in [0.15, 0.2) is 77.8 Å². The van der Waals surface area contributed by atoms with E-state index in [2.05, 4.69) is 10.3 Å². The van der Waals surface area contributed by atoms with Crippen molar-refractivity contribution in [1.29, 1.82) is 0 Å². The lowest BCUT2D eigenvalue weighted by atomic mass is 10.1. The number of hydrogen-bond acceptors (Lipinski definition) is 6. The highest BCUT2D eigenvalue weighted by atomic mass is 35.5. The van der Waals surface area contributed by atoms with Gasteiger partial charge in [0.15, 0.2) is 5.96 Å². The summed E-state index contributed by atoms with van der Waals surface area (Å²) in [6.07, 6.45) is 1.00. The van der Waals surface area contributed by atoms with E-state index >= 15 is 0 Å². The minimum Gasteiger partial charge on any atom is -0.423 e. The van der Waals surface area contributed by atoms with Gasteiger partial charge >= 0.3 is 12.1 Å². The van der Waals surface area contributed by atoms with Crippen LogP contribution in [0.5, 0.6) is 5.75 Å². The highest BCUT2D eigenvalue weighted by Crippen LogP contribution is 2.25. The molecule has 0 unspecified atom stereocenters. The molecule has 0 saturated carbocycles. The predicted octanol–water partition coefficient (Wildman–Crippen LogP) is 4.11. The summed E-state index contributed by atoms with van der Waals surface area (Å²) in [5, 5.41) is 3.41. The average Bonchev–Trinajstić information content (AvgIpc) is 2.84. The number of nitrogens with two attached hydrogens (primary N) is 2. The molecule has 11 heteroatoms. The molecular weight excluding hydrogens is 519 g/mol. The van der Waals surface area contributed by atoms with Crippen molar-refractivity contribution in [3.05, 3.63) is 94.5 Å². The maximum absolute atomic E-state index is 12.4. The summed E-state index contributed by atoms with van der Waals surface area (Å²) in [6, 6.07) is 21.0. The number of carbonyl (C=O) groups is 2. The Morgan fingerprint density at radius 1 is 1.03 bits per heavy atom. The molecule has 9 nitrogen and oxygen atoms in total. The molecule has 3 rings (SSSR count). The molecule has 1 atom stereocenters. The Morgan fingerprint density at radius 3 is 2.22 bits per heavy atom. The molecule has 194 valence electrons. The summed E-state index contributed by atoms with van der Waals surface area (Å²) >= 11 is 6.35. The van der Waals surface area contributed by atoms with Gasteiger partial charge in [0.2, 0.25) is 5.91 Å². The second-order valence-corrected chi connectivity index (χ2v) is 7.92. The Bertz CT molecular complexity index is 1240. The van der Waals surface area contributed by atoms with Crippen molar-refractivity contribution in [1.82, 2.24) is 5.32 Å². The van der Waals surface area contributed by atoms with Crippen LogP contribution in [0.4, 0.5) is 5.69 Å². The van der Waals surface area contributed by atoms with Crippen LogP contribution in [-0.4, -0.2) is 24.0 Å². The Balaban J connectivity index is 0.00000163. The van der Waals surface area contributed by atoms with E-state index in [0.717, 1.165) is 11.1 Å². The molecule has 0 bridgehead atoms. The summed E-state index contributed by atoms with van der Waals surface area (Å²) in [5.41, 5.74) is 13.4. The minimum atomic E-state index is -0.538. The Hall–Kier alpha value is -4.17. The zero-order chi connectivity index (χ0) is 26.5. The van der Waals surface area contributed by atoms with Crippen LogP contribution in [0.3, 0.4) is 0 Å². The number of ether oxygens (including phenoxy) is 1. The zero-order valence-corrected chi connectivity index (χ0v) is 21.4. The summed E-state index contributed by atoms with van der Waals surface area (Å²) in [4.78, 5) is 44.8. The highest BCUT2D eigenvalue weighted by Gasteiger charge is 2.13. The minimum absolute atomic E-state index is 0. The SMILES string of the molecule is C[C@H](NC(=O)CCc1ccc(OC(=O)c2ccc(N=C(N)N)cc2)cc1Cl)c1ccccc1.Cl.O=C=O. The normalized spacial score (nSPS) is 10.3. The lowest BCUT2D eigenvalue weighted by Crippen LogP contribution is -2.26. The van der Waals surface area contributed by atoms with Crippen molar-refractivity contribution in [2.24, 2.45) is 16.5 Å². The van der Waals surface area contributed by atoms with E-state index in [-0.39, 0.29) is 42.9 Å². The number of hydrogen-bond donors (Lipinski definition) is 3. The van der Waals surface area contributed by atoms with Crippen LogP contribution in [0.1, 0.15) is 40.9 Å². The van der Waals surface area contributed by atoms with Gasteiger partial charge in [-0.1, -0.05) is 48.0 Å². The largest absolute Gasteiger partial charge is 0.423 e. The fraction of sp³-hybridized carbons (Fsp3) is 0.154. The fourth-order valence-electron chi connectivity index (χ4n) is 3.17. The van der Waals surface area contributed by atoms with Gasteiger partial charge in [-0.25, -0.2) is 9.79 Å². The molecule has 37 heavy (non-hydrogen) atoms. The standard InChI is InChI=1S/C25H25ClN4O3.CO2.ClH/c1-16(17-5-3-2-4-6-17)29-23(31)14-10-18-9-13-21(15-22(18)26)33-24(32)19-7-11-20(12-8-19)30-25(27)28;2-1-3;/h2-9,11-13,15-16H,10,14H2,1H3,(H,29,31)(H4,27,28,30);;1H/t16-;;/m0../s1. The molecule has 0 aromatic heterocycles. The number of amides is 1. The van der Waals surface area contributed by atoms with E-state index < -0.39 is 5.97 Å². The summed E-state index contributed by atoms with van der Waals surface area (Å²) < 4.78 is 5.40. The molecule has 3 aromatic rings. The number of halogens is 2. The van der Waals surface area contributed by atoms with Gasteiger partial charge in [-0.2, -0.15) is 9.59 Å². The van der Waals surface area contributed by atoms with Crippen LogP contribution in [-0.2, 0) is 20.8 Å². The molecule has 0 spiro atoms. The smallest absolute Gasteiger partial charge is 0.373 e. The maximum Gasteiger partial charge on any atom is 0.373 e. The second-order valence-electron chi connectivity index (χ2n) is 7.51. The summed E-state index contributed by atoms with van der Waals surface area (Å²) in [6.45, 7) is 1.94. The van der Waals surface area contributed by atoms with E-state index in [1.807, 2.05) is 37.3 Å². The van der Waals surface area contributed by atoms with Crippen molar-refractivity contribution in [2.75, 3.05) is 0 Å². The van der Waals surface area contributed by atoms with E-state index in [1.54, 1.807) is 42.5 Å². The van der Waals surface area contributed by atoms with Gasteiger partial charge in [-0.3, -0.25) is 4.79 Å². The number of guanidine groups is 1. The Kier molecular flexibility index (Phi) is 13.1. The lowest BCUT2D eigenvalue weighted by molar-refractivity contribution is -0.191. The van der Waals surface area contributed by atoms with Crippen molar-refractivity contribution < 1.29 is 23.9 Å². The van der Waals surface area contributed by atoms with Gasteiger partial charge in [0.1, 0.15) is 5.75 Å². The van der Waals surface area contributed by atoms with Crippen LogP contribution in [0.2, 0.25) is 5.02 Å². The third-order valence-corrected chi connectivity index (χ3v) is 5.25. The molecule has 0 aliphatic heterocycles. The number of nitrogens with zero attached hydrogens (tertiary/aromatic N) is 1. The summed E-state index contributed by atoms with van der Waals surface area (Å²) in [5.74, 6) is -0.362. The van der Waals surface area contributed by atoms with Crippen molar-refractivity contribution in [3.8, 4) is 5.75 Å². The number of aliphatic imine (C=N–C) groups is 1. The first-order valence-corrected chi connectivity index (χ1v) is 11.1. The molecule has 0 fully saturated rings. The first-order valence-electron chi connectivity index (χ1n) is 10.8. The first-order chi connectivity index (χ1) is 17.2. The second kappa shape index (κ2) is 15.7. The maximum atomic E-state index is 12.4. The van der Waals surface area contributed by atoms with Crippen molar-refractivity contribution in [2.45, 2.75) is 25.8 Å². The molecule has 5 N–H and O–H groups in total. The monoisotopic (exact) mass is 544 g/mol. The van der Waals surface area contributed by atoms with Gasteiger partial charge in [0.05, 0.1) is 17.3 Å². The van der Waals surface area contributed by atoms with Gasteiger partial charge in [-0.15, -0.1) is 12.4 Å². The number of rotatable bonds is 8. The van der Waals surface area contributed by atoms with Crippen LogP contribution in [0, 0.1) is 0 Å². The predicted molar refractivity (Wildman–Crippen MR) is 142 cm³/mol. The third kappa shape index (κ3) is 10.5. The third-order valence-electron chi connectivity index (χ3n) is 4.89. The van der Waals surface area contributed by atoms with Crippen LogP contribution >= 0.6 is 24.0 Å². The molecule has 0 heterocycles. The molecule has 0 aliphatic carbocycles. The van der Waals surface area contributed by atoms with Crippen molar-refractivity contribution >= 4 is 53.7 Å². The van der Waals surface area contributed by atoms with E-state index in [4.69, 9.17) is 37.4 Å². The lowest BCUT2D eigenvalue weighted by Gasteiger charge is -2.14. The van der Waals surface area contributed by atoms with Gasteiger partial charge < -0.3 is 21.5 Å². The van der Waals surface area contributed by atoms with Crippen LogP contribution < -0.4 is 21.5 Å². The van der Waals surface area contributed by atoms with Crippen LogP contribution in [0.25, 0.3) is 0 Å². The fourth-order valence-corrected chi connectivity index (χ4v) is 3.43. The Labute approximate surface area is 225 Å². The number of nitrogens with one attached hydrogen (secondary N) is 1. The highest BCUT2D eigenvalue weighted by molar-refractivity contribution is 6.31. The molecular formula is C26H26Cl2N4O5. The summed E-state index contributed by atoms with van der Waals surface area (Å²) in [7, 11) is 0. The van der Waals surface area contributed by atoms with E-state index in [1.165, 1.54) is 0 Å². The molecule has 0 radical (unpaired) electrons. The van der Waals surface area contributed by atoms with Gasteiger partial charge in [0, 0.05) is 11.4 Å². The van der Waals surface area contributed by atoms with Gasteiger partial charge in [0.25, 0.3) is 0 Å². The van der Waals surface area contributed by atoms with E-state index in [0.29, 0.717) is 28.4 Å². The molecule has 0 aliphatic rings. The molecule has 1 amide bonds. The molecule has 0 saturated heterocycles. The topological polar surface area (TPSA) is 154 Å². The molecule has 3 aromatic carbocycles. The average molecular weight is 545 g/mol. The van der Waals surface area contributed by atoms with E-state index in [9.17, 15) is 9.59 Å². The first kappa shape index (κ1) is 30.9. The number of carbonyl (C=O) groups excluding carboxylic acids is 4. The zero-order valence-electron chi connectivity index (χ0n) is 19.8. The van der Waals surface area contributed by atoms with Crippen molar-refractivity contribution in [3.63, 3.8) is 0 Å². The quantitative estimate of drug-likeness (QED) is 0.167. The number of aryl methyl sites for hydroxylation is 1. The Morgan fingerprint density at radius 2 is 1.65 bits per heavy atom.